The zero-order valence-corrected chi connectivity index (χ0v) is 6.93. The average molecular weight is 171 g/mol. The van der Waals surface area contributed by atoms with Crippen molar-refractivity contribution in [3.05, 3.63) is 5.82 Å². The van der Waals surface area contributed by atoms with E-state index in [1.807, 2.05) is 6.26 Å². The molecule has 0 aliphatic carbocycles. The molecule has 0 saturated carbocycles. The van der Waals surface area contributed by atoms with Gasteiger partial charge in [0.2, 0.25) is 11.9 Å². The zero-order valence-electron chi connectivity index (χ0n) is 6.11. The minimum Gasteiger partial charge on any atom is -0.368 e. The van der Waals surface area contributed by atoms with E-state index in [4.69, 9.17) is 11.5 Å². The standard InChI is InChI=1S/C5H9N5S/c1-11-2-3-8-4(6)10-5(7)9-3/h2H2,1H3,(H4,6,7,8,9,10). The van der Waals surface area contributed by atoms with Gasteiger partial charge in [0.1, 0.15) is 5.82 Å². The van der Waals surface area contributed by atoms with Crippen LogP contribution < -0.4 is 11.5 Å². The number of hydrogen-bond acceptors (Lipinski definition) is 6. The van der Waals surface area contributed by atoms with Gasteiger partial charge >= 0.3 is 0 Å². The molecule has 60 valence electrons. The van der Waals surface area contributed by atoms with Gasteiger partial charge < -0.3 is 11.5 Å². The van der Waals surface area contributed by atoms with Gasteiger partial charge in [0.25, 0.3) is 0 Å². The Bertz CT molecular complexity index is 230. The van der Waals surface area contributed by atoms with E-state index < -0.39 is 0 Å². The summed E-state index contributed by atoms with van der Waals surface area (Å²) in [5.41, 5.74) is 10.7. The normalized spacial score (nSPS) is 9.91. The second-order valence-electron chi connectivity index (χ2n) is 1.90. The third kappa shape index (κ3) is 2.23. The number of aromatic nitrogens is 3. The topological polar surface area (TPSA) is 90.7 Å². The maximum Gasteiger partial charge on any atom is 0.225 e. The molecule has 11 heavy (non-hydrogen) atoms. The highest BCUT2D eigenvalue weighted by molar-refractivity contribution is 7.97. The van der Waals surface area contributed by atoms with Crippen molar-refractivity contribution in [3.8, 4) is 0 Å². The molecular weight excluding hydrogens is 162 g/mol. The van der Waals surface area contributed by atoms with Crippen LogP contribution in [0.2, 0.25) is 0 Å². The first kappa shape index (κ1) is 8.06. The first-order chi connectivity index (χ1) is 5.22. The average Bonchev–Trinajstić information content (AvgIpc) is 1.85. The van der Waals surface area contributed by atoms with E-state index in [-0.39, 0.29) is 11.9 Å². The summed E-state index contributed by atoms with van der Waals surface area (Å²) in [6, 6.07) is 0. The van der Waals surface area contributed by atoms with Crippen LogP contribution in [0.15, 0.2) is 0 Å². The molecule has 0 atom stereocenters. The molecule has 0 aliphatic heterocycles. The molecule has 1 aromatic rings. The van der Waals surface area contributed by atoms with Crippen molar-refractivity contribution in [1.82, 2.24) is 15.0 Å². The highest BCUT2D eigenvalue weighted by Gasteiger charge is 1.99. The molecule has 1 rings (SSSR count). The van der Waals surface area contributed by atoms with Crippen molar-refractivity contribution in [2.45, 2.75) is 5.75 Å². The van der Waals surface area contributed by atoms with Crippen LogP contribution in [0.1, 0.15) is 5.82 Å². The van der Waals surface area contributed by atoms with Gasteiger partial charge in [0.05, 0.1) is 5.75 Å². The molecule has 0 aliphatic rings. The van der Waals surface area contributed by atoms with Crippen LogP contribution in [0.3, 0.4) is 0 Å². The summed E-state index contributed by atoms with van der Waals surface area (Å²) in [6.07, 6.45) is 1.95. The molecule has 0 fully saturated rings. The number of thioether (sulfide) groups is 1. The number of hydrogen-bond donors (Lipinski definition) is 2. The quantitative estimate of drug-likeness (QED) is 0.645. The van der Waals surface area contributed by atoms with Crippen molar-refractivity contribution >= 4 is 23.7 Å². The molecule has 0 bridgehead atoms. The monoisotopic (exact) mass is 171 g/mol. The molecule has 0 unspecified atom stereocenters. The van der Waals surface area contributed by atoms with E-state index in [9.17, 15) is 0 Å². The van der Waals surface area contributed by atoms with Crippen LogP contribution in [0.4, 0.5) is 11.9 Å². The molecule has 0 radical (unpaired) electrons. The molecule has 0 saturated heterocycles. The van der Waals surface area contributed by atoms with Gasteiger partial charge in [0.15, 0.2) is 0 Å². The fourth-order valence-corrected chi connectivity index (χ4v) is 1.04. The lowest BCUT2D eigenvalue weighted by Crippen LogP contribution is -2.05. The molecule has 0 aromatic carbocycles. The van der Waals surface area contributed by atoms with Crippen molar-refractivity contribution < 1.29 is 0 Å². The maximum absolute atomic E-state index is 5.34. The van der Waals surface area contributed by atoms with Gasteiger partial charge in [-0.3, -0.25) is 0 Å². The van der Waals surface area contributed by atoms with Gasteiger partial charge in [-0.15, -0.1) is 0 Å². The summed E-state index contributed by atoms with van der Waals surface area (Å²) in [5.74, 6) is 1.70. The first-order valence-corrected chi connectivity index (χ1v) is 4.36. The lowest BCUT2D eigenvalue weighted by atomic mass is 10.7. The van der Waals surface area contributed by atoms with Crippen LogP contribution in [-0.4, -0.2) is 21.2 Å². The zero-order chi connectivity index (χ0) is 8.27. The van der Waals surface area contributed by atoms with Crippen LogP contribution in [0.25, 0.3) is 0 Å². The van der Waals surface area contributed by atoms with Gasteiger partial charge in [-0.25, -0.2) is 0 Å². The summed E-state index contributed by atoms with van der Waals surface area (Å²) in [7, 11) is 0. The minimum atomic E-state index is 0.182. The third-order valence-electron chi connectivity index (χ3n) is 0.990. The molecule has 5 nitrogen and oxygen atoms in total. The fourth-order valence-electron chi connectivity index (χ4n) is 0.650. The highest BCUT2D eigenvalue weighted by atomic mass is 32.2. The van der Waals surface area contributed by atoms with Crippen molar-refractivity contribution in [3.63, 3.8) is 0 Å². The molecule has 1 heterocycles. The van der Waals surface area contributed by atoms with E-state index >= 15 is 0 Å². The Morgan fingerprint density at radius 1 is 1.18 bits per heavy atom. The van der Waals surface area contributed by atoms with E-state index in [0.717, 1.165) is 0 Å². The molecule has 0 spiro atoms. The SMILES string of the molecule is CSCc1nc(N)nc(N)n1. The summed E-state index contributed by atoms with van der Waals surface area (Å²) >= 11 is 1.61. The van der Waals surface area contributed by atoms with E-state index in [1.54, 1.807) is 11.8 Å². The number of nitrogens with zero attached hydrogens (tertiary/aromatic N) is 3. The first-order valence-electron chi connectivity index (χ1n) is 2.97. The van der Waals surface area contributed by atoms with Crippen molar-refractivity contribution in [2.24, 2.45) is 0 Å². The largest absolute Gasteiger partial charge is 0.368 e. The summed E-state index contributed by atoms with van der Waals surface area (Å²) in [5, 5.41) is 0. The van der Waals surface area contributed by atoms with E-state index in [2.05, 4.69) is 15.0 Å². The number of nitrogens with two attached hydrogens (primary N) is 2. The molecule has 4 N–H and O–H groups in total. The Morgan fingerprint density at radius 3 is 2.18 bits per heavy atom. The minimum absolute atomic E-state index is 0.182. The van der Waals surface area contributed by atoms with Crippen molar-refractivity contribution in [1.29, 1.82) is 0 Å². The Labute approximate surface area is 68.6 Å². The van der Waals surface area contributed by atoms with Crippen LogP contribution in [-0.2, 0) is 5.75 Å². The fraction of sp³-hybridized carbons (Fsp3) is 0.400. The lowest BCUT2D eigenvalue weighted by Gasteiger charge is -1.98. The number of nitrogen functional groups attached to an aromatic ring is 2. The third-order valence-corrected chi connectivity index (χ3v) is 1.54. The summed E-state index contributed by atoms with van der Waals surface area (Å²) < 4.78 is 0. The highest BCUT2D eigenvalue weighted by Crippen LogP contribution is 2.05. The van der Waals surface area contributed by atoms with Crippen LogP contribution in [0, 0.1) is 0 Å². The molecule has 6 heteroatoms. The molecule has 0 amide bonds. The molecular formula is C5H9N5S. The number of rotatable bonds is 2. The predicted octanol–water partition coefficient (Wildman–Crippen LogP) is -0.101. The lowest BCUT2D eigenvalue weighted by molar-refractivity contribution is 0.989. The van der Waals surface area contributed by atoms with Gasteiger partial charge in [0, 0.05) is 0 Å². The Kier molecular flexibility index (Phi) is 2.48. The van der Waals surface area contributed by atoms with Crippen LogP contribution >= 0.6 is 11.8 Å². The van der Waals surface area contributed by atoms with Crippen LogP contribution in [0.5, 0.6) is 0 Å². The maximum atomic E-state index is 5.34. The summed E-state index contributed by atoms with van der Waals surface area (Å²) in [6.45, 7) is 0. The van der Waals surface area contributed by atoms with Gasteiger partial charge in [-0.05, 0) is 6.26 Å². The van der Waals surface area contributed by atoms with E-state index in [1.165, 1.54) is 0 Å². The second kappa shape index (κ2) is 3.38. The van der Waals surface area contributed by atoms with Gasteiger partial charge in [-0.2, -0.15) is 26.7 Å². The van der Waals surface area contributed by atoms with E-state index in [0.29, 0.717) is 11.6 Å². The Morgan fingerprint density at radius 2 is 1.73 bits per heavy atom. The Balaban J connectivity index is 2.89. The molecule has 1 aromatic heterocycles. The smallest absolute Gasteiger partial charge is 0.225 e. The second-order valence-corrected chi connectivity index (χ2v) is 2.77. The van der Waals surface area contributed by atoms with Crippen molar-refractivity contribution in [2.75, 3.05) is 17.7 Å². The summed E-state index contributed by atoms with van der Waals surface area (Å²) in [4.78, 5) is 11.4. The van der Waals surface area contributed by atoms with Gasteiger partial charge in [-0.1, -0.05) is 0 Å². The predicted molar refractivity (Wildman–Crippen MR) is 45.9 cm³/mol. The Hall–Kier alpha value is -1.04. The number of anilines is 2.